The Hall–Kier alpha value is -2.39. The van der Waals surface area contributed by atoms with Gasteiger partial charge in [0.05, 0.1) is 41.5 Å². The van der Waals surface area contributed by atoms with Crippen molar-refractivity contribution in [2.75, 3.05) is 21.2 Å². The number of aliphatic hydroxyl groups excluding tert-OH is 1. The monoisotopic (exact) mass is 393 g/mol. The Labute approximate surface area is 161 Å². The van der Waals surface area contributed by atoms with Crippen molar-refractivity contribution < 1.29 is 19.4 Å². The number of carbonyl (C=O) groups excluding carboxylic acids is 2. The molecule has 0 aliphatic heterocycles. The molecule has 0 spiro atoms. The van der Waals surface area contributed by atoms with Crippen LogP contribution in [-0.4, -0.2) is 64.0 Å². The first-order valence-electron chi connectivity index (χ1n) is 8.34. The second kappa shape index (κ2) is 8.53. The molecule has 2 rings (SSSR count). The van der Waals surface area contributed by atoms with Crippen molar-refractivity contribution in [3.63, 3.8) is 0 Å². The molecule has 27 heavy (non-hydrogen) atoms. The van der Waals surface area contributed by atoms with E-state index in [4.69, 9.17) is 4.74 Å². The van der Waals surface area contributed by atoms with Gasteiger partial charge in [0.1, 0.15) is 0 Å². The minimum Gasteiger partial charge on any atom is -0.465 e. The van der Waals surface area contributed by atoms with Gasteiger partial charge in [-0.05, 0) is 32.0 Å². The highest BCUT2D eigenvalue weighted by molar-refractivity contribution is 8.00. The maximum Gasteiger partial charge on any atom is 0.337 e. The van der Waals surface area contributed by atoms with Crippen LogP contribution in [0.4, 0.5) is 0 Å². The van der Waals surface area contributed by atoms with Crippen LogP contribution in [0, 0.1) is 0 Å². The first-order chi connectivity index (χ1) is 12.6. The number of thioether (sulfide) groups is 1. The summed E-state index contributed by atoms with van der Waals surface area (Å²) in [4.78, 5) is 42.8. The third-order valence-corrected chi connectivity index (χ3v) is 4.94. The van der Waals surface area contributed by atoms with Crippen LogP contribution in [0.15, 0.2) is 28.2 Å². The fourth-order valence-electron chi connectivity index (χ4n) is 2.53. The first kappa shape index (κ1) is 20.9. The van der Waals surface area contributed by atoms with E-state index in [0.29, 0.717) is 16.1 Å². The van der Waals surface area contributed by atoms with Gasteiger partial charge in [-0.25, -0.2) is 9.78 Å². The predicted molar refractivity (Wildman–Crippen MR) is 103 cm³/mol. The number of hydrogen-bond donors (Lipinski definition) is 1. The third-order valence-electron chi connectivity index (χ3n) is 3.86. The molecule has 0 fully saturated rings. The van der Waals surface area contributed by atoms with E-state index in [9.17, 15) is 19.5 Å². The summed E-state index contributed by atoms with van der Waals surface area (Å²) >= 11 is 1.13. The second-order valence-electron chi connectivity index (χ2n) is 6.38. The van der Waals surface area contributed by atoms with E-state index in [0.717, 1.165) is 11.8 Å². The van der Waals surface area contributed by atoms with Gasteiger partial charge >= 0.3 is 5.97 Å². The molecule has 1 aromatic carbocycles. The number of aromatic nitrogens is 2. The molecule has 1 N–H and O–H groups in total. The molecule has 0 saturated carbocycles. The highest BCUT2D eigenvalue weighted by Crippen LogP contribution is 2.24. The fourth-order valence-corrected chi connectivity index (χ4v) is 3.60. The second-order valence-corrected chi connectivity index (χ2v) is 7.68. The maximum absolute atomic E-state index is 12.9. The SMILES string of the molecule is COC(=O)c1ccc2c(=O)n(C[C@H](C)O)c(S[C@H](C)C(=O)N(C)C)nc2c1. The Morgan fingerprint density at radius 1 is 1.33 bits per heavy atom. The minimum absolute atomic E-state index is 0.0474. The largest absolute Gasteiger partial charge is 0.465 e. The standard InChI is InChI=1S/C18H23N3O5S/c1-10(22)9-21-16(24)13-7-6-12(17(25)26-5)8-14(13)19-18(21)27-11(2)15(23)20(3)4/h6-8,10-11,22H,9H2,1-5H3/t10-,11+/m0/s1. The number of carbonyl (C=O) groups is 2. The number of ether oxygens (including phenoxy) is 1. The van der Waals surface area contributed by atoms with E-state index in [2.05, 4.69) is 4.98 Å². The van der Waals surface area contributed by atoms with Gasteiger partial charge in [-0.15, -0.1) is 0 Å². The van der Waals surface area contributed by atoms with E-state index >= 15 is 0 Å². The fraction of sp³-hybridized carbons (Fsp3) is 0.444. The first-order valence-corrected chi connectivity index (χ1v) is 9.22. The third kappa shape index (κ3) is 4.67. The van der Waals surface area contributed by atoms with Gasteiger partial charge in [0.25, 0.3) is 5.56 Å². The lowest BCUT2D eigenvalue weighted by Gasteiger charge is -2.19. The van der Waals surface area contributed by atoms with E-state index < -0.39 is 17.3 Å². The Balaban J connectivity index is 2.61. The number of esters is 1. The van der Waals surface area contributed by atoms with Crippen molar-refractivity contribution in [1.29, 1.82) is 0 Å². The predicted octanol–water partition coefficient (Wildman–Crippen LogP) is 1.13. The Morgan fingerprint density at radius 3 is 2.56 bits per heavy atom. The number of hydrogen-bond acceptors (Lipinski definition) is 7. The van der Waals surface area contributed by atoms with Gasteiger partial charge in [0.2, 0.25) is 5.91 Å². The quantitative estimate of drug-likeness (QED) is 0.446. The molecule has 2 aromatic rings. The molecule has 1 amide bonds. The number of benzene rings is 1. The van der Waals surface area contributed by atoms with Crippen LogP contribution < -0.4 is 5.56 Å². The summed E-state index contributed by atoms with van der Waals surface area (Å²) in [6.45, 7) is 3.34. The molecule has 0 unspecified atom stereocenters. The molecule has 9 heteroatoms. The lowest BCUT2D eigenvalue weighted by molar-refractivity contribution is -0.127. The van der Waals surface area contributed by atoms with Crippen LogP contribution in [0.25, 0.3) is 10.9 Å². The molecule has 0 radical (unpaired) electrons. The lowest BCUT2D eigenvalue weighted by atomic mass is 10.1. The summed E-state index contributed by atoms with van der Waals surface area (Å²) in [5, 5.41) is 9.92. The summed E-state index contributed by atoms with van der Waals surface area (Å²) < 4.78 is 6.06. The zero-order valence-corrected chi connectivity index (χ0v) is 16.7. The summed E-state index contributed by atoms with van der Waals surface area (Å²) in [5.74, 6) is -0.654. The smallest absolute Gasteiger partial charge is 0.337 e. The highest BCUT2D eigenvalue weighted by Gasteiger charge is 2.21. The van der Waals surface area contributed by atoms with Crippen LogP contribution in [0.3, 0.4) is 0 Å². The van der Waals surface area contributed by atoms with E-state index in [-0.39, 0.29) is 23.6 Å². The van der Waals surface area contributed by atoms with Crippen LogP contribution in [-0.2, 0) is 16.1 Å². The number of nitrogens with zero attached hydrogens (tertiary/aromatic N) is 3. The van der Waals surface area contributed by atoms with Crippen molar-refractivity contribution >= 4 is 34.5 Å². The summed E-state index contributed by atoms with van der Waals surface area (Å²) in [7, 11) is 4.58. The molecule has 0 aliphatic rings. The average molecular weight is 393 g/mol. The number of methoxy groups -OCH3 is 1. The van der Waals surface area contributed by atoms with Gasteiger partial charge < -0.3 is 14.7 Å². The molecular weight excluding hydrogens is 370 g/mol. The number of amides is 1. The van der Waals surface area contributed by atoms with Crippen LogP contribution in [0.5, 0.6) is 0 Å². The minimum atomic E-state index is -0.768. The van der Waals surface area contributed by atoms with Crippen molar-refractivity contribution in [2.24, 2.45) is 0 Å². The normalized spacial score (nSPS) is 13.3. The van der Waals surface area contributed by atoms with Gasteiger partial charge in [0.15, 0.2) is 5.16 Å². The van der Waals surface area contributed by atoms with Crippen LogP contribution >= 0.6 is 11.8 Å². The van der Waals surface area contributed by atoms with Gasteiger partial charge in [-0.3, -0.25) is 14.2 Å². The topological polar surface area (TPSA) is 102 Å². The number of fused-ring (bicyclic) bond motifs is 1. The molecule has 2 atom stereocenters. The van der Waals surface area contributed by atoms with Crippen molar-refractivity contribution in [3.05, 3.63) is 34.1 Å². The van der Waals surface area contributed by atoms with Gasteiger partial charge in [-0.1, -0.05) is 11.8 Å². The van der Waals surface area contributed by atoms with E-state index in [1.54, 1.807) is 27.9 Å². The van der Waals surface area contributed by atoms with Crippen molar-refractivity contribution in [2.45, 2.75) is 36.9 Å². The summed E-state index contributed by atoms with van der Waals surface area (Å²) in [6, 6.07) is 4.49. The number of aliphatic hydroxyl groups is 1. The summed E-state index contributed by atoms with van der Waals surface area (Å²) in [6.07, 6.45) is -0.768. The molecule has 1 heterocycles. The molecular formula is C18H23N3O5S. The molecule has 8 nitrogen and oxygen atoms in total. The van der Waals surface area contributed by atoms with Crippen molar-refractivity contribution in [1.82, 2.24) is 14.5 Å². The molecule has 146 valence electrons. The van der Waals surface area contributed by atoms with Gasteiger partial charge in [-0.2, -0.15) is 0 Å². The molecule has 0 saturated heterocycles. The van der Waals surface area contributed by atoms with Gasteiger partial charge in [0, 0.05) is 14.1 Å². The zero-order valence-electron chi connectivity index (χ0n) is 15.9. The molecule has 0 aliphatic carbocycles. The van der Waals surface area contributed by atoms with Crippen LogP contribution in [0.2, 0.25) is 0 Å². The van der Waals surface area contributed by atoms with E-state index in [1.165, 1.54) is 34.8 Å². The summed E-state index contributed by atoms with van der Waals surface area (Å²) in [5.41, 5.74) is 0.264. The lowest BCUT2D eigenvalue weighted by Crippen LogP contribution is -2.32. The van der Waals surface area contributed by atoms with E-state index in [1.807, 2.05) is 0 Å². The highest BCUT2D eigenvalue weighted by atomic mass is 32.2. The van der Waals surface area contributed by atoms with Crippen LogP contribution in [0.1, 0.15) is 24.2 Å². The molecule has 1 aromatic heterocycles. The Bertz CT molecular complexity index is 923. The Kier molecular flexibility index (Phi) is 6.61. The molecule has 0 bridgehead atoms. The average Bonchev–Trinajstić information content (AvgIpc) is 2.62. The Morgan fingerprint density at radius 2 is 2.00 bits per heavy atom. The maximum atomic E-state index is 12.9. The zero-order chi connectivity index (χ0) is 20.3. The number of rotatable bonds is 6. The van der Waals surface area contributed by atoms with Crippen molar-refractivity contribution in [3.8, 4) is 0 Å².